The van der Waals surface area contributed by atoms with Crippen molar-refractivity contribution < 1.29 is 9.22 Å². The van der Waals surface area contributed by atoms with Gasteiger partial charge in [0.2, 0.25) is 0 Å². The van der Waals surface area contributed by atoms with Gasteiger partial charge in [0.25, 0.3) is 0 Å². The van der Waals surface area contributed by atoms with E-state index in [1.165, 1.54) is 6.54 Å². The number of nitrogen functional groups attached to an aromatic ring is 2. The molecule has 106 valence electrons. The molecular formula is C14H25N4O+. The summed E-state index contributed by atoms with van der Waals surface area (Å²) in [4.78, 5) is 0. The van der Waals surface area contributed by atoms with E-state index in [0.717, 1.165) is 49.4 Å². The molecule has 0 amide bonds. The molecule has 0 saturated carbocycles. The quantitative estimate of drug-likeness (QED) is 0.424. The third-order valence-electron chi connectivity index (χ3n) is 3.82. The number of rotatable bonds is 5. The molecule has 0 bridgehead atoms. The van der Waals surface area contributed by atoms with Crippen LogP contribution in [-0.2, 0) is 4.74 Å². The van der Waals surface area contributed by atoms with Crippen LogP contribution in [0.5, 0.6) is 0 Å². The van der Waals surface area contributed by atoms with E-state index < -0.39 is 0 Å². The fraction of sp³-hybridized carbons (Fsp3) is 0.571. The zero-order valence-corrected chi connectivity index (χ0v) is 11.7. The molecule has 1 aromatic carbocycles. The summed E-state index contributed by atoms with van der Waals surface area (Å²) >= 11 is 0. The largest absolute Gasteiger partial charge is 0.399 e. The number of nitrogens with two attached hydrogens (primary N) is 2. The fourth-order valence-corrected chi connectivity index (χ4v) is 2.43. The van der Waals surface area contributed by atoms with Gasteiger partial charge in [-0.05, 0) is 18.2 Å². The van der Waals surface area contributed by atoms with Crippen molar-refractivity contribution in [1.82, 2.24) is 0 Å². The molecule has 0 unspecified atom stereocenters. The number of hydrogen-bond donors (Lipinski definition) is 3. The number of likely N-dealkylation sites (N-methyl/N-ethyl adjacent to an activating group) is 1. The van der Waals surface area contributed by atoms with Gasteiger partial charge >= 0.3 is 0 Å². The molecule has 1 fully saturated rings. The van der Waals surface area contributed by atoms with Crippen LogP contribution in [0.1, 0.15) is 6.42 Å². The van der Waals surface area contributed by atoms with Gasteiger partial charge in [-0.15, -0.1) is 0 Å². The number of benzene rings is 1. The molecule has 1 saturated heterocycles. The zero-order valence-electron chi connectivity index (χ0n) is 11.7. The maximum Gasteiger partial charge on any atom is 0.102 e. The van der Waals surface area contributed by atoms with Crippen LogP contribution < -0.4 is 16.8 Å². The van der Waals surface area contributed by atoms with Crippen LogP contribution in [0, 0.1) is 0 Å². The van der Waals surface area contributed by atoms with Crippen LogP contribution in [0.15, 0.2) is 18.2 Å². The van der Waals surface area contributed by atoms with Gasteiger partial charge < -0.3 is 26.0 Å². The second-order valence-corrected chi connectivity index (χ2v) is 5.53. The number of nitrogens with zero attached hydrogens (tertiary/aromatic N) is 1. The van der Waals surface area contributed by atoms with Gasteiger partial charge in [-0.3, -0.25) is 0 Å². The summed E-state index contributed by atoms with van der Waals surface area (Å²) in [5.41, 5.74) is 14.0. The van der Waals surface area contributed by atoms with Gasteiger partial charge in [-0.1, -0.05) is 0 Å². The van der Waals surface area contributed by atoms with E-state index >= 15 is 0 Å². The molecule has 1 aliphatic rings. The summed E-state index contributed by atoms with van der Waals surface area (Å²) in [5, 5.41) is 3.38. The van der Waals surface area contributed by atoms with E-state index in [4.69, 9.17) is 16.2 Å². The Labute approximate surface area is 115 Å². The Balaban J connectivity index is 1.74. The fourth-order valence-electron chi connectivity index (χ4n) is 2.43. The number of morpholine rings is 1. The van der Waals surface area contributed by atoms with Crippen molar-refractivity contribution in [2.75, 3.05) is 63.2 Å². The summed E-state index contributed by atoms with van der Waals surface area (Å²) in [6, 6.07) is 5.60. The number of hydrogen-bond acceptors (Lipinski definition) is 4. The van der Waals surface area contributed by atoms with Crippen molar-refractivity contribution in [3.8, 4) is 0 Å². The molecule has 5 N–H and O–H groups in total. The molecule has 5 heteroatoms. The number of anilines is 3. The van der Waals surface area contributed by atoms with Crippen LogP contribution in [-0.4, -0.2) is 50.9 Å². The summed E-state index contributed by atoms with van der Waals surface area (Å²) in [6.07, 6.45) is 1.13. The summed E-state index contributed by atoms with van der Waals surface area (Å²) in [6.45, 7) is 6.10. The van der Waals surface area contributed by atoms with Crippen LogP contribution in [0.3, 0.4) is 0 Å². The van der Waals surface area contributed by atoms with E-state index in [1.807, 2.05) is 12.1 Å². The Morgan fingerprint density at radius 2 is 2.00 bits per heavy atom. The van der Waals surface area contributed by atoms with Crippen molar-refractivity contribution in [2.45, 2.75) is 6.42 Å². The first-order valence-electron chi connectivity index (χ1n) is 6.89. The molecule has 0 radical (unpaired) electrons. The Morgan fingerprint density at radius 3 is 2.68 bits per heavy atom. The molecule has 0 atom stereocenters. The normalized spacial score (nSPS) is 18.2. The lowest BCUT2D eigenvalue weighted by Gasteiger charge is -2.37. The predicted octanol–water partition coefficient (Wildman–Crippen LogP) is 1.13. The number of nitrogens with one attached hydrogen (secondary N) is 1. The number of ether oxygens (including phenoxy) is 1. The van der Waals surface area contributed by atoms with Crippen molar-refractivity contribution in [3.63, 3.8) is 0 Å². The summed E-state index contributed by atoms with van der Waals surface area (Å²) in [5.74, 6) is 0. The highest BCUT2D eigenvalue weighted by molar-refractivity contribution is 5.70. The monoisotopic (exact) mass is 265 g/mol. The highest BCUT2D eigenvalue weighted by atomic mass is 16.5. The first-order chi connectivity index (χ1) is 9.09. The van der Waals surface area contributed by atoms with E-state index in [0.29, 0.717) is 11.4 Å². The third-order valence-corrected chi connectivity index (χ3v) is 3.82. The van der Waals surface area contributed by atoms with Crippen LogP contribution in [0.4, 0.5) is 17.1 Å². The second-order valence-electron chi connectivity index (χ2n) is 5.53. The average molecular weight is 265 g/mol. The van der Waals surface area contributed by atoms with Crippen LogP contribution in [0.25, 0.3) is 0 Å². The lowest BCUT2D eigenvalue weighted by molar-refractivity contribution is -0.916. The van der Waals surface area contributed by atoms with Crippen molar-refractivity contribution in [2.24, 2.45) is 0 Å². The molecule has 0 aliphatic carbocycles. The maximum atomic E-state index is 5.91. The molecule has 1 aliphatic heterocycles. The Hall–Kier alpha value is -1.46. The highest BCUT2D eigenvalue weighted by Crippen LogP contribution is 2.20. The van der Waals surface area contributed by atoms with Gasteiger partial charge in [-0.25, -0.2) is 0 Å². The summed E-state index contributed by atoms with van der Waals surface area (Å²) in [7, 11) is 2.31. The second kappa shape index (κ2) is 6.12. The topological polar surface area (TPSA) is 73.3 Å². The minimum absolute atomic E-state index is 0.703. The van der Waals surface area contributed by atoms with Gasteiger partial charge in [-0.2, -0.15) is 0 Å². The Bertz CT molecular complexity index is 416. The smallest absolute Gasteiger partial charge is 0.102 e. The molecule has 0 spiro atoms. The van der Waals surface area contributed by atoms with E-state index in [2.05, 4.69) is 12.4 Å². The van der Waals surface area contributed by atoms with Crippen molar-refractivity contribution in [3.05, 3.63) is 18.2 Å². The lowest BCUT2D eigenvalue weighted by Crippen LogP contribution is -2.52. The van der Waals surface area contributed by atoms with Gasteiger partial charge in [0.15, 0.2) is 0 Å². The highest BCUT2D eigenvalue weighted by Gasteiger charge is 2.24. The first-order valence-corrected chi connectivity index (χ1v) is 6.89. The third kappa shape index (κ3) is 4.01. The van der Waals surface area contributed by atoms with Crippen LogP contribution >= 0.6 is 0 Å². The predicted molar refractivity (Wildman–Crippen MR) is 80.0 cm³/mol. The standard InChI is InChI=1S/C14H25N4O/c1-18(7-9-19-10-8-18)6-2-5-17-14-4-3-12(15)11-13(14)16/h3-4,11,17H,2,5-10,15-16H2,1H3/q+1. The molecule has 1 aromatic rings. The molecule has 5 nitrogen and oxygen atoms in total. The minimum Gasteiger partial charge on any atom is -0.399 e. The molecular weight excluding hydrogens is 240 g/mol. The maximum absolute atomic E-state index is 5.91. The molecule has 19 heavy (non-hydrogen) atoms. The van der Waals surface area contributed by atoms with Gasteiger partial charge in [0.1, 0.15) is 13.1 Å². The van der Waals surface area contributed by atoms with E-state index in [1.54, 1.807) is 6.07 Å². The van der Waals surface area contributed by atoms with Crippen molar-refractivity contribution in [1.29, 1.82) is 0 Å². The van der Waals surface area contributed by atoms with E-state index in [-0.39, 0.29) is 0 Å². The van der Waals surface area contributed by atoms with Gasteiger partial charge in [0.05, 0.1) is 38.2 Å². The number of quaternary nitrogens is 1. The Morgan fingerprint density at radius 1 is 1.26 bits per heavy atom. The summed E-state index contributed by atoms with van der Waals surface area (Å²) < 4.78 is 6.52. The van der Waals surface area contributed by atoms with Crippen LogP contribution in [0.2, 0.25) is 0 Å². The zero-order chi connectivity index (χ0) is 13.7. The Kier molecular flexibility index (Phi) is 4.50. The van der Waals surface area contributed by atoms with E-state index in [9.17, 15) is 0 Å². The molecule has 0 aromatic heterocycles. The van der Waals surface area contributed by atoms with Gasteiger partial charge in [0, 0.05) is 18.7 Å². The van der Waals surface area contributed by atoms with Crippen molar-refractivity contribution >= 4 is 17.1 Å². The average Bonchev–Trinajstić information content (AvgIpc) is 2.37. The minimum atomic E-state index is 0.703. The lowest BCUT2D eigenvalue weighted by atomic mass is 10.2. The molecule has 2 rings (SSSR count). The SMILES string of the molecule is C[N+]1(CCCNc2ccc(N)cc2N)CCOCC1. The molecule has 1 heterocycles. The first kappa shape index (κ1) is 14.0.